The van der Waals surface area contributed by atoms with Gasteiger partial charge in [0, 0.05) is 5.92 Å². The molecule has 3 N–H and O–H groups in total. The number of carbonyl (C=O) groups is 1. The molecule has 1 atom stereocenters. The van der Waals surface area contributed by atoms with Crippen LogP contribution in [0.1, 0.15) is 26.7 Å². The molecule has 0 saturated heterocycles. The predicted molar refractivity (Wildman–Crippen MR) is 68.6 cm³/mol. The Morgan fingerprint density at radius 1 is 1.56 bits per heavy atom. The van der Waals surface area contributed by atoms with Gasteiger partial charge >= 0.3 is 0 Å². The number of rotatable bonds is 4. The number of nitrogens with zero attached hydrogens (tertiary/aromatic N) is 1. The van der Waals surface area contributed by atoms with E-state index in [2.05, 4.69) is 17.2 Å². The first-order chi connectivity index (χ1) is 7.13. The van der Waals surface area contributed by atoms with Crippen molar-refractivity contribution in [1.82, 2.24) is 4.98 Å². The molecule has 90 valence electrons. The highest BCUT2D eigenvalue weighted by atomic mass is 35.5. The number of hydrogen-bond donors (Lipinski definition) is 2. The quantitative estimate of drug-likeness (QED) is 0.854. The number of carbonyl (C=O) groups excluding carboxylic acids is 1. The van der Waals surface area contributed by atoms with Crippen LogP contribution in [-0.4, -0.2) is 10.9 Å². The molecule has 0 aromatic carbocycles. The third kappa shape index (κ3) is 4.49. The van der Waals surface area contributed by atoms with Crippen LogP contribution in [0.3, 0.4) is 0 Å². The van der Waals surface area contributed by atoms with E-state index in [0.717, 1.165) is 12.8 Å². The standard InChI is InChI=1S/C11H17N3O.ClH/c1-3-4-8(2)11(15)14-9-5-6-10(12)13-7-9;/h5-8H,3-4H2,1-2H3,(H2,12,13)(H,14,15);1H. The Bertz CT molecular complexity index is 327. The van der Waals surface area contributed by atoms with E-state index in [-0.39, 0.29) is 24.2 Å². The first-order valence-corrected chi connectivity index (χ1v) is 5.16. The molecule has 0 spiro atoms. The van der Waals surface area contributed by atoms with Crippen molar-refractivity contribution in [2.24, 2.45) is 5.92 Å². The third-order valence-electron chi connectivity index (χ3n) is 2.22. The van der Waals surface area contributed by atoms with E-state index in [1.165, 1.54) is 0 Å². The number of aromatic nitrogens is 1. The minimum absolute atomic E-state index is 0. The Morgan fingerprint density at radius 3 is 2.75 bits per heavy atom. The van der Waals surface area contributed by atoms with Gasteiger partial charge in [0.25, 0.3) is 0 Å². The number of anilines is 2. The van der Waals surface area contributed by atoms with Gasteiger partial charge in [-0.25, -0.2) is 4.98 Å². The average molecular weight is 244 g/mol. The fourth-order valence-electron chi connectivity index (χ4n) is 1.31. The maximum atomic E-state index is 11.6. The van der Waals surface area contributed by atoms with Crippen LogP contribution in [0.15, 0.2) is 18.3 Å². The van der Waals surface area contributed by atoms with Gasteiger partial charge in [0.2, 0.25) is 5.91 Å². The number of nitrogen functional groups attached to an aromatic ring is 1. The van der Waals surface area contributed by atoms with E-state index in [9.17, 15) is 4.79 Å². The Hall–Kier alpha value is -1.29. The average Bonchev–Trinajstić information content (AvgIpc) is 2.22. The Morgan fingerprint density at radius 2 is 2.25 bits per heavy atom. The Balaban J connectivity index is 0.00000225. The van der Waals surface area contributed by atoms with Crippen LogP contribution in [0.4, 0.5) is 11.5 Å². The molecule has 1 aromatic rings. The van der Waals surface area contributed by atoms with E-state index < -0.39 is 0 Å². The lowest BCUT2D eigenvalue weighted by atomic mass is 10.1. The lowest BCUT2D eigenvalue weighted by Crippen LogP contribution is -2.20. The molecule has 1 aromatic heterocycles. The number of halogens is 1. The van der Waals surface area contributed by atoms with Gasteiger partial charge < -0.3 is 11.1 Å². The zero-order valence-corrected chi connectivity index (χ0v) is 10.4. The summed E-state index contributed by atoms with van der Waals surface area (Å²) >= 11 is 0. The summed E-state index contributed by atoms with van der Waals surface area (Å²) in [5.41, 5.74) is 6.13. The molecule has 16 heavy (non-hydrogen) atoms. The van der Waals surface area contributed by atoms with Crippen molar-refractivity contribution in [3.8, 4) is 0 Å². The van der Waals surface area contributed by atoms with Crippen molar-refractivity contribution < 1.29 is 4.79 Å². The summed E-state index contributed by atoms with van der Waals surface area (Å²) in [5, 5.41) is 2.80. The van der Waals surface area contributed by atoms with Gasteiger partial charge in [-0.05, 0) is 18.6 Å². The van der Waals surface area contributed by atoms with Crippen molar-refractivity contribution >= 4 is 29.8 Å². The fourth-order valence-corrected chi connectivity index (χ4v) is 1.31. The summed E-state index contributed by atoms with van der Waals surface area (Å²) in [5.74, 6) is 0.519. The van der Waals surface area contributed by atoms with Gasteiger partial charge in [0.15, 0.2) is 0 Å². The highest BCUT2D eigenvalue weighted by molar-refractivity contribution is 5.92. The van der Waals surface area contributed by atoms with Gasteiger partial charge in [0.05, 0.1) is 11.9 Å². The topological polar surface area (TPSA) is 68.0 Å². The summed E-state index contributed by atoms with van der Waals surface area (Å²) in [4.78, 5) is 15.5. The van der Waals surface area contributed by atoms with Gasteiger partial charge in [0.1, 0.15) is 5.82 Å². The largest absolute Gasteiger partial charge is 0.384 e. The fraction of sp³-hybridized carbons (Fsp3) is 0.455. The van der Waals surface area contributed by atoms with Gasteiger partial charge in [-0.2, -0.15) is 0 Å². The molecule has 1 rings (SSSR count). The number of nitrogens with two attached hydrogens (primary N) is 1. The molecule has 0 aliphatic heterocycles. The van der Waals surface area contributed by atoms with Crippen LogP contribution in [-0.2, 0) is 4.79 Å². The van der Waals surface area contributed by atoms with Crippen molar-refractivity contribution in [1.29, 1.82) is 0 Å². The van der Waals surface area contributed by atoms with E-state index in [4.69, 9.17) is 5.73 Å². The van der Waals surface area contributed by atoms with Crippen molar-refractivity contribution in [2.45, 2.75) is 26.7 Å². The monoisotopic (exact) mass is 243 g/mol. The first-order valence-electron chi connectivity index (χ1n) is 5.16. The minimum atomic E-state index is 0. The lowest BCUT2D eigenvalue weighted by molar-refractivity contribution is -0.119. The van der Waals surface area contributed by atoms with E-state index in [0.29, 0.717) is 11.5 Å². The SMILES string of the molecule is CCCC(C)C(=O)Nc1ccc(N)nc1.Cl. The molecule has 1 heterocycles. The molecule has 0 radical (unpaired) electrons. The van der Waals surface area contributed by atoms with E-state index >= 15 is 0 Å². The smallest absolute Gasteiger partial charge is 0.227 e. The van der Waals surface area contributed by atoms with Gasteiger partial charge in [-0.15, -0.1) is 12.4 Å². The van der Waals surface area contributed by atoms with Crippen LogP contribution in [0, 0.1) is 5.92 Å². The molecule has 1 unspecified atom stereocenters. The molecule has 0 fully saturated rings. The van der Waals surface area contributed by atoms with Crippen LogP contribution < -0.4 is 11.1 Å². The predicted octanol–water partition coefficient (Wildman–Crippen LogP) is 2.46. The normalized spacial score (nSPS) is 11.4. The Labute approximate surface area is 102 Å². The zero-order valence-electron chi connectivity index (χ0n) is 9.56. The third-order valence-corrected chi connectivity index (χ3v) is 2.22. The minimum Gasteiger partial charge on any atom is -0.384 e. The number of nitrogens with one attached hydrogen (secondary N) is 1. The molecule has 1 amide bonds. The summed E-state index contributed by atoms with van der Waals surface area (Å²) in [6.07, 6.45) is 3.47. The highest BCUT2D eigenvalue weighted by Gasteiger charge is 2.11. The van der Waals surface area contributed by atoms with Crippen molar-refractivity contribution in [3.63, 3.8) is 0 Å². The second-order valence-corrected chi connectivity index (χ2v) is 3.65. The van der Waals surface area contributed by atoms with Gasteiger partial charge in [-0.1, -0.05) is 20.3 Å². The second-order valence-electron chi connectivity index (χ2n) is 3.65. The molecule has 4 nitrogen and oxygen atoms in total. The lowest BCUT2D eigenvalue weighted by Gasteiger charge is -2.10. The number of hydrogen-bond acceptors (Lipinski definition) is 3. The Kier molecular flexibility index (Phi) is 6.49. The first kappa shape index (κ1) is 14.7. The second kappa shape index (κ2) is 7.06. The molecule has 5 heteroatoms. The molecule has 0 aliphatic carbocycles. The van der Waals surface area contributed by atoms with Crippen molar-refractivity contribution in [2.75, 3.05) is 11.1 Å². The molecule has 0 bridgehead atoms. The van der Waals surface area contributed by atoms with E-state index in [1.54, 1.807) is 18.3 Å². The summed E-state index contributed by atoms with van der Waals surface area (Å²) in [6.45, 7) is 3.98. The number of pyridine rings is 1. The van der Waals surface area contributed by atoms with Crippen LogP contribution in [0.25, 0.3) is 0 Å². The maximum absolute atomic E-state index is 11.6. The molecular formula is C11H18ClN3O. The number of amides is 1. The van der Waals surface area contributed by atoms with Crippen LogP contribution in [0.2, 0.25) is 0 Å². The maximum Gasteiger partial charge on any atom is 0.227 e. The van der Waals surface area contributed by atoms with E-state index in [1.807, 2.05) is 6.92 Å². The van der Waals surface area contributed by atoms with Gasteiger partial charge in [-0.3, -0.25) is 4.79 Å². The summed E-state index contributed by atoms with van der Waals surface area (Å²) < 4.78 is 0. The molecule has 0 aliphatic rings. The zero-order chi connectivity index (χ0) is 11.3. The summed E-state index contributed by atoms with van der Waals surface area (Å²) in [7, 11) is 0. The molecular weight excluding hydrogens is 226 g/mol. The highest BCUT2D eigenvalue weighted by Crippen LogP contribution is 2.11. The summed E-state index contributed by atoms with van der Waals surface area (Å²) in [6, 6.07) is 3.42. The van der Waals surface area contributed by atoms with Crippen molar-refractivity contribution in [3.05, 3.63) is 18.3 Å². The van der Waals surface area contributed by atoms with Crippen LogP contribution in [0.5, 0.6) is 0 Å². The van der Waals surface area contributed by atoms with Crippen LogP contribution >= 0.6 is 12.4 Å². The molecule has 0 saturated carbocycles.